The van der Waals surface area contributed by atoms with Gasteiger partial charge in [0.15, 0.2) is 0 Å². The fourth-order valence-electron chi connectivity index (χ4n) is 1.97. The molecule has 0 spiro atoms. The van der Waals surface area contributed by atoms with E-state index in [4.69, 9.17) is 23.2 Å². The van der Waals surface area contributed by atoms with E-state index >= 15 is 0 Å². The molecule has 1 heterocycles. The Bertz CT molecular complexity index is 673. The zero-order valence-corrected chi connectivity index (χ0v) is 13.4. The van der Waals surface area contributed by atoms with Crippen molar-refractivity contribution in [2.45, 2.75) is 32.7 Å². The summed E-state index contributed by atoms with van der Waals surface area (Å²) in [6.45, 7) is 5.95. The molecule has 5 nitrogen and oxygen atoms in total. The molecule has 1 aromatic carbocycles. The maximum absolute atomic E-state index is 11.3. The van der Waals surface area contributed by atoms with E-state index in [1.807, 2.05) is 32.9 Å². The molecule has 0 N–H and O–H groups in total. The normalized spacial score (nSPS) is 11.7. The molecule has 112 valence electrons. The number of aromatic nitrogens is 2. The largest absolute Gasteiger partial charge is 0.329 e. The van der Waals surface area contributed by atoms with Crippen molar-refractivity contribution in [1.82, 2.24) is 9.78 Å². The standard InChI is InChI=1S/C14H15Cl2N3O2/c1-14(2,3)12-11(19(20)21)13(16)18(17-12)8-9-4-6-10(15)7-5-9/h4-7H,8H2,1-3H3. The quantitative estimate of drug-likeness (QED) is 0.618. The van der Waals surface area contributed by atoms with Crippen LogP contribution in [-0.2, 0) is 12.0 Å². The molecule has 7 heteroatoms. The molecule has 0 atom stereocenters. The number of hydrogen-bond donors (Lipinski definition) is 0. The van der Waals surface area contributed by atoms with Crippen LogP contribution in [0.15, 0.2) is 24.3 Å². The van der Waals surface area contributed by atoms with Gasteiger partial charge in [-0.05, 0) is 17.7 Å². The lowest BCUT2D eigenvalue weighted by molar-refractivity contribution is -0.385. The average molecular weight is 328 g/mol. The fourth-order valence-corrected chi connectivity index (χ4v) is 2.35. The second-order valence-corrected chi connectivity index (χ2v) is 6.57. The van der Waals surface area contributed by atoms with Gasteiger partial charge < -0.3 is 0 Å². The first-order valence-electron chi connectivity index (χ1n) is 6.36. The van der Waals surface area contributed by atoms with Crippen LogP contribution in [0.3, 0.4) is 0 Å². The van der Waals surface area contributed by atoms with Crippen molar-refractivity contribution in [1.29, 1.82) is 0 Å². The molecule has 0 amide bonds. The van der Waals surface area contributed by atoms with E-state index in [0.29, 0.717) is 17.3 Å². The molecule has 0 radical (unpaired) electrons. The van der Waals surface area contributed by atoms with Crippen molar-refractivity contribution in [2.75, 3.05) is 0 Å². The van der Waals surface area contributed by atoms with Crippen LogP contribution >= 0.6 is 23.2 Å². The van der Waals surface area contributed by atoms with Gasteiger partial charge in [0.05, 0.1) is 11.5 Å². The zero-order valence-electron chi connectivity index (χ0n) is 11.9. The summed E-state index contributed by atoms with van der Waals surface area (Å²) in [5.41, 5.74) is 0.709. The molecule has 0 unspecified atom stereocenters. The molecule has 21 heavy (non-hydrogen) atoms. The lowest BCUT2D eigenvalue weighted by Gasteiger charge is -2.13. The van der Waals surface area contributed by atoms with Gasteiger partial charge in [-0.15, -0.1) is 0 Å². The maximum Gasteiger partial charge on any atom is 0.329 e. The molecule has 0 saturated heterocycles. The van der Waals surface area contributed by atoms with Gasteiger partial charge in [-0.3, -0.25) is 10.1 Å². The van der Waals surface area contributed by atoms with Crippen molar-refractivity contribution in [3.63, 3.8) is 0 Å². The fraction of sp³-hybridized carbons (Fsp3) is 0.357. The smallest absolute Gasteiger partial charge is 0.258 e. The minimum atomic E-state index is -0.478. The summed E-state index contributed by atoms with van der Waals surface area (Å²) in [6, 6.07) is 7.19. The van der Waals surface area contributed by atoms with Crippen molar-refractivity contribution >= 4 is 28.9 Å². The van der Waals surface area contributed by atoms with Crippen LogP contribution in [0.25, 0.3) is 0 Å². The third-order valence-corrected chi connectivity index (χ3v) is 3.63. The third kappa shape index (κ3) is 3.36. The van der Waals surface area contributed by atoms with E-state index in [9.17, 15) is 10.1 Å². The van der Waals surface area contributed by atoms with Crippen LogP contribution in [-0.4, -0.2) is 14.7 Å². The summed E-state index contributed by atoms with van der Waals surface area (Å²) < 4.78 is 1.45. The Balaban J connectivity index is 2.45. The molecule has 0 saturated carbocycles. The molecule has 0 aliphatic rings. The molecule has 0 aliphatic heterocycles. The van der Waals surface area contributed by atoms with E-state index in [0.717, 1.165) is 5.56 Å². The first kappa shape index (κ1) is 15.8. The Morgan fingerprint density at radius 1 is 1.24 bits per heavy atom. The summed E-state index contributed by atoms with van der Waals surface area (Å²) in [4.78, 5) is 10.8. The lowest BCUT2D eigenvalue weighted by Crippen LogP contribution is -2.14. The maximum atomic E-state index is 11.3. The van der Waals surface area contributed by atoms with Gasteiger partial charge in [-0.1, -0.05) is 56.1 Å². The summed E-state index contributed by atoms with van der Waals surface area (Å²) in [5.74, 6) is 0. The number of benzene rings is 1. The highest BCUT2D eigenvalue weighted by Gasteiger charge is 2.33. The lowest BCUT2D eigenvalue weighted by atomic mass is 9.91. The summed E-state index contributed by atoms with van der Waals surface area (Å²) in [7, 11) is 0. The van der Waals surface area contributed by atoms with E-state index < -0.39 is 10.3 Å². The molecule has 2 aromatic rings. The minimum absolute atomic E-state index is 0.0416. The number of hydrogen-bond acceptors (Lipinski definition) is 3. The van der Waals surface area contributed by atoms with Gasteiger partial charge in [0.25, 0.3) is 0 Å². The first-order chi connectivity index (χ1) is 9.70. The highest BCUT2D eigenvalue weighted by atomic mass is 35.5. The molecule has 1 aromatic heterocycles. The van der Waals surface area contributed by atoms with Crippen LogP contribution in [0.2, 0.25) is 10.2 Å². The van der Waals surface area contributed by atoms with Crippen LogP contribution < -0.4 is 0 Å². The summed E-state index contributed by atoms with van der Waals surface area (Å²) in [6.07, 6.45) is 0. The second kappa shape index (κ2) is 5.66. The van der Waals surface area contributed by atoms with E-state index in [1.165, 1.54) is 4.68 Å². The number of rotatable bonds is 3. The van der Waals surface area contributed by atoms with Crippen LogP contribution in [0, 0.1) is 10.1 Å². The molecule has 0 fully saturated rings. The molecule has 0 aliphatic carbocycles. The van der Waals surface area contributed by atoms with Crippen molar-refractivity contribution < 1.29 is 4.92 Å². The molecule has 0 bridgehead atoms. The van der Waals surface area contributed by atoms with Gasteiger partial charge in [0.1, 0.15) is 5.69 Å². The van der Waals surface area contributed by atoms with Crippen molar-refractivity contribution in [2.24, 2.45) is 0 Å². The van der Waals surface area contributed by atoms with E-state index in [2.05, 4.69) is 5.10 Å². The number of nitrogens with zero attached hydrogens (tertiary/aromatic N) is 3. The van der Waals surface area contributed by atoms with Crippen molar-refractivity contribution in [3.8, 4) is 0 Å². The molecular formula is C14H15Cl2N3O2. The van der Waals surface area contributed by atoms with Crippen LogP contribution in [0.4, 0.5) is 5.69 Å². The van der Waals surface area contributed by atoms with Gasteiger partial charge in [0, 0.05) is 10.4 Å². The van der Waals surface area contributed by atoms with Gasteiger partial charge >= 0.3 is 5.69 Å². The predicted molar refractivity (Wildman–Crippen MR) is 83.1 cm³/mol. The van der Waals surface area contributed by atoms with E-state index in [1.54, 1.807) is 12.1 Å². The Morgan fingerprint density at radius 3 is 2.24 bits per heavy atom. The molecule has 2 rings (SSSR count). The Labute approximate surface area is 132 Å². The summed E-state index contributed by atoms with van der Waals surface area (Å²) >= 11 is 12.0. The van der Waals surface area contributed by atoms with Gasteiger partial charge in [-0.25, -0.2) is 4.68 Å². The third-order valence-electron chi connectivity index (χ3n) is 3.01. The topological polar surface area (TPSA) is 61.0 Å². The minimum Gasteiger partial charge on any atom is -0.258 e. The predicted octanol–water partition coefficient (Wildman–Crippen LogP) is 4.44. The van der Waals surface area contributed by atoms with E-state index in [-0.39, 0.29) is 10.8 Å². The summed E-state index contributed by atoms with van der Waals surface area (Å²) in [5, 5.41) is 16.3. The van der Waals surface area contributed by atoms with Crippen LogP contribution in [0.1, 0.15) is 32.0 Å². The first-order valence-corrected chi connectivity index (χ1v) is 7.11. The zero-order chi connectivity index (χ0) is 15.8. The average Bonchev–Trinajstić information content (AvgIpc) is 2.70. The highest BCUT2D eigenvalue weighted by Crippen LogP contribution is 2.36. The second-order valence-electron chi connectivity index (χ2n) is 5.78. The number of halogens is 2. The van der Waals surface area contributed by atoms with Crippen molar-refractivity contribution in [3.05, 3.63) is 55.8 Å². The Kier molecular flexibility index (Phi) is 4.25. The van der Waals surface area contributed by atoms with Gasteiger partial charge in [0.2, 0.25) is 5.15 Å². The monoisotopic (exact) mass is 327 g/mol. The Hall–Kier alpha value is -1.59. The van der Waals surface area contributed by atoms with Gasteiger partial charge in [-0.2, -0.15) is 5.10 Å². The number of nitro groups is 1. The Morgan fingerprint density at radius 2 is 1.81 bits per heavy atom. The molecular weight excluding hydrogens is 313 g/mol. The highest BCUT2D eigenvalue weighted by molar-refractivity contribution is 6.31. The van der Waals surface area contributed by atoms with Crippen LogP contribution in [0.5, 0.6) is 0 Å². The SMILES string of the molecule is CC(C)(C)c1nn(Cc2ccc(Cl)cc2)c(Cl)c1[N+](=O)[O-].